The molecule has 16 nitrogen and oxygen atoms in total. The number of imidazole rings is 1. The van der Waals surface area contributed by atoms with Crippen LogP contribution in [0.1, 0.15) is 94.7 Å². The van der Waals surface area contributed by atoms with Gasteiger partial charge in [0.1, 0.15) is 30.6 Å². The van der Waals surface area contributed by atoms with E-state index in [1.54, 1.807) is 23.9 Å². The lowest BCUT2D eigenvalue weighted by Gasteiger charge is -2.35. The van der Waals surface area contributed by atoms with Gasteiger partial charge in [0.05, 0.1) is 57.8 Å². The third-order valence-corrected chi connectivity index (χ3v) is 14.1. The Labute approximate surface area is 421 Å². The molecule has 1 aliphatic heterocycles. The number of ether oxygens (including phenoxy) is 2. The Hall–Kier alpha value is -6.24. The minimum absolute atomic E-state index is 0.0149. The summed E-state index contributed by atoms with van der Waals surface area (Å²) in [6.45, 7) is 17.3. The van der Waals surface area contributed by atoms with Gasteiger partial charge in [-0.3, -0.25) is 24.2 Å². The van der Waals surface area contributed by atoms with E-state index in [4.69, 9.17) is 19.0 Å². The van der Waals surface area contributed by atoms with Crippen LogP contribution < -0.4 is 15.5 Å². The summed E-state index contributed by atoms with van der Waals surface area (Å²) in [6.07, 6.45) is 9.01. The number of nitrogens with zero attached hydrogens (tertiary/aromatic N) is 7. The van der Waals surface area contributed by atoms with Crippen molar-refractivity contribution in [1.82, 2.24) is 40.2 Å². The van der Waals surface area contributed by atoms with Crippen LogP contribution in [0.3, 0.4) is 0 Å². The molecule has 2 aromatic carbocycles. The molecular weight excluding hydrogens is 975 g/mol. The number of aromatic nitrogens is 5. The Morgan fingerprint density at radius 2 is 1.73 bits per heavy atom. The number of amides is 3. The van der Waals surface area contributed by atoms with Crippen LogP contribution in [-0.2, 0) is 28.7 Å². The van der Waals surface area contributed by atoms with Crippen molar-refractivity contribution < 1.29 is 33.2 Å². The number of rotatable bonds is 19. The second-order valence-electron chi connectivity index (χ2n) is 18.9. The average molecular weight is 1040 g/mol. The number of halogens is 1. The van der Waals surface area contributed by atoms with Crippen LogP contribution in [-0.4, -0.2) is 97.8 Å². The summed E-state index contributed by atoms with van der Waals surface area (Å²) in [5.41, 5.74) is 10.4. The Morgan fingerprint density at radius 1 is 0.957 bits per heavy atom. The summed E-state index contributed by atoms with van der Waals surface area (Å²) in [6, 6.07) is 14.0. The van der Waals surface area contributed by atoms with Crippen molar-refractivity contribution in [2.45, 2.75) is 112 Å². The molecule has 0 unspecified atom stereocenters. The number of carbonyl (C=O) groups excluding carboxylic acids is 4. The van der Waals surface area contributed by atoms with E-state index in [1.807, 2.05) is 102 Å². The first-order valence-corrected chi connectivity index (χ1v) is 25.2. The zero-order chi connectivity index (χ0) is 50.3. The number of hydrogen-bond acceptors (Lipinski definition) is 13. The average Bonchev–Trinajstić information content (AvgIpc) is 4.15. The number of likely N-dealkylation sites (tertiary alicyclic amines) is 1. The van der Waals surface area contributed by atoms with Crippen LogP contribution in [0.15, 0.2) is 88.0 Å². The maximum absolute atomic E-state index is 14.5. The SMILES string of the molecule is CC(=O)O[C@@H]1C[C@@H](C(=O)N[C@@H](C)c2ccc(-c3scnc3C)cc2)N(C(=O)[C@@H](NC(=O)COCCCCCN(c2ccc(-n3ccnc3)c(Br)c2)c2cc(-c3c(C)noc3C)cnc2C)C(C)(C)C)C1. The van der Waals surface area contributed by atoms with Crippen molar-refractivity contribution >= 4 is 62.3 Å². The highest BCUT2D eigenvalue weighted by Crippen LogP contribution is 2.37. The van der Waals surface area contributed by atoms with Crippen LogP contribution in [0.25, 0.3) is 27.3 Å². The van der Waals surface area contributed by atoms with E-state index in [9.17, 15) is 19.2 Å². The molecule has 0 radical (unpaired) electrons. The molecule has 7 rings (SSSR count). The number of aryl methyl sites for hydroxylation is 4. The van der Waals surface area contributed by atoms with E-state index in [-0.39, 0.29) is 31.5 Å². The highest BCUT2D eigenvalue weighted by molar-refractivity contribution is 9.10. The summed E-state index contributed by atoms with van der Waals surface area (Å²) < 4.78 is 19.8. The maximum Gasteiger partial charge on any atom is 0.302 e. The maximum atomic E-state index is 14.5. The highest BCUT2D eigenvalue weighted by atomic mass is 79.9. The lowest BCUT2D eigenvalue weighted by Crippen LogP contribution is -2.58. The standard InChI is InChI=1S/C52H62BrN9O7S/c1-31(37-13-15-38(16-14-37)48-34(4)56-30-70-48)57-50(65)45-25-41(68-36(6)63)27-62(45)51(66)49(52(7,8)9)58-46(64)28-67-22-12-10-11-20-61(40-17-18-43(42(53)24-40)60-21-19-54-29-60)44-23-39(26-55-32(44)2)47-33(3)59-69-35(47)5/h13-19,21,23-24,26,29-31,41,45,49H,10-12,20,22,25,27-28H2,1-9H3,(H,57,65)(H,58,64)/t31-,41+,45-,49+/m0/s1. The number of carbonyl (C=O) groups is 4. The van der Waals surface area contributed by atoms with Crippen LogP contribution in [0.2, 0.25) is 0 Å². The smallest absolute Gasteiger partial charge is 0.302 e. The predicted octanol–water partition coefficient (Wildman–Crippen LogP) is 9.31. The summed E-state index contributed by atoms with van der Waals surface area (Å²) in [5, 5.41) is 10.1. The molecule has 370 valence electrons. The van der Waals surface area contributed by atoms with Crippen LogP contribution in [0, 0.1) is 33.1 Å². The first-order valence-electron chi connectivity index (χ1n) is 23.5. The predicted molar refractivity (Wildman–Crippen MR) is 273 cm³/mol. The molecular formula is C52H62BrN9O7S. The van der Waals surface area contributed by atoms with E-state index in [0.29, 0.717) is 19.6 Å². The zero-order valence-corrected chi connectivity index (χ0v) is 43.6. The second-order valence-corrected chi connectivity index (χ2v) is 20.6. The van der Waals surface area contributed by atoms with Crippen LogP contribution in [0.4, 0.5) is 11.4 Å². The molecule has 3 amide bonds. The topological polar surface area (TPSA) is 187 Å². The van der Waals surface area contributed by atoms with Gasteiger partial charge in [0.2, 0.25) is 17.7 Å². The molecule has 1 saturated heterocycles. The zero-order valence-electron chi connectivity index (χ0n) is 41.2. The molecule has 5 heterocycles. The minimum atomic E-state index is -0.996. The van der Waals surface area contributed by atoms with Crippen molar-refractivity contribution in [3.8, 4) is 27.3 Å². The van der Waals surface area contributed by atoms with E-state index < -0.39 is 41.4 Å². The summed E-state index contributed by atoms with van der Waals surface area (Å²) >= 11 is 5.36. The monoisotopic (exact) mass is 1040 g/mol. The van der Waals surface area contributed by atoms with Gasteiger partial charge >= 0.3 is 5.97 Å². The molecule has 1 fully saturated rings. The number of esters is 1. The van der Waals surface area contributed by atoms with Crippen molar-refractivity contribution in [2.75, 3.05) is 31.2 Å². The number of nitrogens with one attached hydrogen (secondary N) is 2. The lowest BCUT2D eigenvalue weighted by molar-refractivity contribution is -0.147. The first-order chi connectivity index (χ1) is 33.4. The van der Waals surface area contributed by atoms with Gasteiger partial charge in [0.25, 0.3) is 0 Å². The van der Waals surface area contributed by atoms with Gasteiger partial charge in [0.15, 0.2) is 0 Å². The van der Waals surface area contributed by atoms with Gasteiger partial charge in [-0.1, -0.05) is 50.2 Å². The highest BCUT2D eigenvalue weighted by Gasteiger charge is 2.46. The Morgan fingerprint density at radius 3 is 2.37 bits per heavy atom. The number of thiazole rings is 1. The van der Waals surface area contributed by atoms with Crippen molar-refractivity contribution in [3.05, 3.63) is 112 Å². The fourth-order valence-corrected chi connectivity index (χ4v) is 10.2. The first kappa shape index (κ1) is 51.6. The fourth-order valence-electron chi connectivity index (χ4n) is 8.83. The molecule has 70 heavy (non-hydrogen) atoms. The molecule has 4 aromatic heterocycles. The van der Waals surface area contributed by atoms with E-state index in [2.05, 4.69) is 70.9 Å². The molecule has 0 saturated carbocycles. The third-order valence-electron chi connectivity index (χ3n) is 12.5. The summed E-state index contributed by atoms with van der Waals surface area (Å²) in [4.78, 5) is 72.1. The molecule has 0 bridgehead atoms. The third kappa shape index (κ3) is 12.4. The van der Waals surface area contributed by atoms with Crippen molar-refractivity contribution in [3.63, 3.8) is 0 Å². The molecule has 0 spiro atoms. The summed E-state index contributed by atoms with van der Waals surface area (Å²) in [7, 11) is 0. The molecule has 4 atom stereocenters. The van der Waals surface area contributed by atoms with Gasteiger partial charge < -0.3 is 39.0 Å². The van der Waals surface area contributed by atoms with Crippen molar-refractivity contribution in [1.29, 1.82) is 0 Å². The fraction of sp³-hybridized carbons (Fsp3) is 0.423. The molecule has 0 aliphatic carbocycles. The van der Waals surface area contributed by atoms with E-state index >= 15 is 0 Å². The van der Waals surface area contributed by atoms with Crippen molar-refractivity contribution in [2.24, 2.45) is 5.41 Å². The molecule has 1 aliphatic rings. The van der Waals surface area contributed by atoms with Crippen LogP contribution >= 0.6 is 27.3 Å². The Balaban J connectivity index is 0.954. The lowest BCUT2D eigenvalue weighted by atomic mass is 9.85. The molecule has 18 heteroatoms. The van der Waals surface area contributed by atoms with Gasteiger partial charge in [-0.15, -0.1) is 11.3 Å². The van der Waals surface area contributed by atoms with Gasteiger partial charge in [-0.25, -0.2) is 9.97 Å². The number of benzene rings is 2. The quantitative estimate of drug-likeness (QED) is 0.0579. The normalized spacial score (nSPS) is 15.7. The molecule has 6 aromatic rings. The number of anilines is 2. The largest absolute Gasteiger partial charge is 0.461 e. The Bertz CT molecular complexity index is 2770. The minimum Gasteiger partial charge on any atom is -0.461 e. The van der Waals surface area contributed by atoms with Gasteiger partial charge in [-0.2, -0.15) is 0 Å². The second kappa shape index (κ2) is 22.7. The van der Waals surface area contributed by atoms with Crippen LogP contribution in [0.5, 0.6) is 0 Å². The van der Waals surface area contributed by atoms with E-state index in [0.717, 1.165) is 84.3 Å². The Kier molecular flexibility index (Phi) is 16.7. The molecule has 2 N–H and O–H groups in total. The number of hydrogen-bond donors (Lipinski definition) is 2. The number of pyridine rings is 1. The van der Waals surface area contributed by atoms with Gasteiger partial charge in [-0.05, 0) is 111 Å². The number of unbranched alkanes of at least 4 members (excludes halogenated alkanes) is 2. The van der Waals surface area contributed by atoms with Gasteiger partial charge in [0, 0.05) is 66.4 Å². The van der Waals surface area contributed by atoms with E-state index in [1.165, 1.54) is 11.8 Å². The summed E-state index contributed by atoms with van der Waals surface area (Å²) in [5.74, 6) is -1.05.